The van der Waals surface area contributed by atoms with E-state index < -0.39 is 0 Å². The molecule has 1 atom stereocenters. The Morgan fingerprint density at radius 2 is 1.68 bits per heavy atom. The van der Waals surface area contributed by atoms with E-state index in [4.69, 9.17) is 4.74 Å². The van der Waals surface area contributed by atoms with Crippen molar-refractivity contribution in [3.05, 3.63) is 47.8 Å². The third kappa shape index (κ3) is 4.25. The first-order valence-corrected chi connectivity index (χ1v) is 6.38. The molecule has 1 unspecified atom stereocenters. The van der Waals surface area contributed by atoms with Gasteiger partial charge in [-0.05, 0) is 38.5 Å². The number of benzene rings is 1. The molecule has 0 amide bonds. The zero-order chi connectivity index (χ0) is 13.7. The van der Waals surface area contributed by atoms with Gasteiger partial charge in [-0.2, -0.15) is 0 Å². The Kier molecular flexibility index (Phi) is 4.34. The van der Waals surface area contributed by atoms with Crippen molar-refractivity contribution in [2.45, 2.75) is 26.8 Å². The van der Waals surface area contributed by atoms with Crippen molar-refractivity contribution < 1.29 is 4.74 Å². The summed E-state index contributed by atoms with van der Waals surface area (Å²) in [6, 6.07) is 8.17. The van der Waals surface area contributed by atoms with Crippen LogP contribution in [0.25, 0.3) is 0 Å². The molecule has 19 heavy (non-hydrogen) atoms. The number of rotatable bonds is 5. The van der Waals surface area contributed by atoms with Gasteiger partial charge in [0.2, 0.25) is 5.95 Å². The van der Waals surface area contributed by atoms with Crippen LogP contribution in [0.1, 0.15) is 18.1 Å². The SMILES string of the molecule is Cc1ccc(OCC(C)Nc2ncc(C)cn2)cc1. The van der Waals surface area contributed by atoms with Crippen molar-refractivity contribution in [2.75, 3.05) is 11.9 Å². The molecule has 1 N–H and O–H groups in total. The highest BCUT2D eigenvalue weighted by atomic mass is 16.5. The number of aryl methyl sites for hydroxylation is 2. The number of aromatic nitrogens is 2. The van der Waals surface area contributed by atoms with Gasteiger partial charge in [-0.1, -0.05) is 17.7 Å². The lowest BCUT2D eigenvalue weighted by Crippen LogP contribution is -2.24. The molecule has 0 aliphatic rings. The molecule has 0 fully saturated rings. The van der Waals surface area contributed by atoms with Crippen LogP contribution in [0, 0.1) is 13.8 Å². The summed E-state index contributed by atoms with van der Waals surface area (Å²) in [5.41, 5.74) is 2.28. The van der Waals surface area contributed by atoms with E-state index in [1.165, 1.54) is 5.56 Å². The highest BCUT2D eigenvalue weighted by molar-refractivity contribution is 5.28. The first kappa shape index (κ1) is 13.3. The zero-order valence-corrected chi connectivity index (χ0v) is 11.6. The second-order valence-corrected chi connectivity index (χ2v) is 4.75. The van der Waals surface area contributed by atoms with Crippen molar-refractivity contribution in [1.82, 2.24) is 9.97 Å². The van der Waals surface area contributed by atoms with Crippen LogP contribution in [-0.4, -0.2) is 22.6 Å². The predicted octanol–water partition coefficient (Wildman–Crippen LogP) is 2.97. The summed E-state index contributed by atoms with van der Waals surface area (Å²) in [5, 5.41) is 3.20. The minimum Gasteiger partial charge on any atom is -0.491 e. The van der Waals surface area contributed by atoms with E-state index in [-0.39, 0.29) is 6.04 Å². The lowest BCUT2D eigenvalue weighted by Gasteiger charge is -2.15. The van der Waals surface area contributed by atoms with Crippen LogP contribution in [0.15, 0.2) is 36.7 Å². The van der Waals surface area contributed by atoms with E-state index >= 15 is 0 Å². The number of hydrogen-bond acceptors (Lipinski definition) is 4. The number of anilines is 1. The summed E-state index contributed by atoms with van der Waals surface area (Å²) in [6.45, 7) is 6.63. The predicted molar refractivity (Wildman–Crippen MR) is 76.5 cm³/mol. The fraction of sp³-hybridized carbons (Fsp3) is 0.333. The molecular weight excluding hydrogens is 238 g/mol. The summed E-state index contributed by atoms with van der Waals surface area (Å²) in [7, 11) is 0. The summed E-state index contributed by atoms with van der Waals surface area (Å²) >= 11 is 0. The Labute approximate surface area is 113 Å². The number of nitrogens with zero attached hydrogens (tertiary/aromatic N) is 2. The molecule has 4 heteroatoms. The molecule has 0 bridgehead atoms. The monoisotopic (exact) mass is 257 g/mol. The van der Waals surface area contributed by atoms with E-state index in [9.17, 15) is 0 Å². The lowest BCUT2D eigenvalue weighted by atomic mass is 10.2. The summed E-state index contributed by atoms with van der Waals surface area (Å²) in [4.78, 5) is 8.41. The largest absolute Gasteiger partial charge is 0.491 e. The van der Waals surface area contributed by atoms with Gasteiger partial charge in [0.15, 0.2) is 0 Å². The second kappa shape index (κ2) is 6.18. The minimum atomic E-state index is 0.143. The first-order valence-electron chi connectivity index (χ1n) is 6.38. The van der Waals surface area contributed by atoms with Crippen molar-refractivity contribution in [2.24, 2.45) is 0 Å². The summed E-state index contributed by atoms with van der Waals surface area (Å²) in [6.07, 6.45) is 3.59. The van der Waals surface area contributed by atoms with Crippen molar-refractivity contribution in [1.29, 1.82) is 0 Å². The third-order valence-corrected chi connectivity index (χ3v) is 2.68. The Balaban J connectivity index is 1.82. The normalized spacial score (nSPS) is 11.9. The Morgan fingerprint density at radius 1 is 1.05 bits per heavy atom. The standard InChI is InChI=1S/C15H19N3O/c1-11-4-6-14(7-5-11)19-10-13(3)18-15-16-8-12(2)9-17-15/h4-9,13H,10H2,1-3H3,(H,16,17,18). The molecule has 0 aliphatic heterocycles. The smallest absolute Gasteiger partial charge is 0.222 e. The van der Waals surface area contributed by atoms with Crippen molar-refractivity contribution >= 4 is 5.95 Å². The molecule has 1 aromatic heterocycles. The maximum Gasteiger partial charge on any atom is 0.222 e. The Bertz CT molecular complexity index is 508. The van der Waals surface area contributed by atoms with Gasteiger partial charge in [0.05, 0.1) is 6.04 Å². The quantitative estimate of drug-likeness (QED) is 0.894. The van der Waals surface area contributed by atoms with Gasteiger partial charge >= 0.3 is 0 Å². The minimum absolute atomic E-state index is 0.143. The van der Waals surface area contributed by atoms with Crippen LogP contribution < -0.4 is 10.1 Å². The molecule has 2 rings (SSSR count). The van der Waals surface area contributed by atoms with Gasteiger partial charge in [-0.25, -0.2) is 9.97 Å². The van der Waals surface area contributed by atoms with Gasteiger partial charge in [0.25, 0.3) is 0 Å². The van der Waals surface area contributed by atoms with E-state index in [1.807, 2.05) is 38.1 Å². The van der Waals surface area contributed by atoms with Crippen LogP contribution in [0.4, 0.5) is 5.95 Å². The molecule has 0 saturated carbocycles. The first-order chi connectivity index (χ1) is 9.13. The maximum absolute atomic E-state index is 5.70. The molecule has 100 valence electrons. The maximum atomic E-state index is 5.70. The van der Waals surface area contributed by atoms with Crippen LogP contribution in [0.5, 0.6) is 5.75 Å². The molecule has 0 radical (unpaired) electrons. The zero-order valence-electron chi connectivity index (χ0n) is 11.6. The van der Waals surface area contributed by atoms with Gasteiger partial charge in [-0.15, -0.1) is 0 Å². The van der Waals surface area contributed by atoms with E-state index in [0.717, 1.165) is 11.3 Å². The highest BCUT2D eigenvalue weighted by Gasteiger charge is 2.04. The fourth-order valence-electron chi connectivity index (χ4n) is 1.58. The molecular formula is C15H19N3O. The van der Waals surface area contributed by atoms with Gasteiger partial charge in [-0.3, -0.25) is 0 Å². The molecule has 0 spiro atoms. The molecule has 4 nitrogen and oxygen atoms in total. The van der Waals surface area contributed by atoms with E-state index in [2.05, 4.69) is 22.2 Å². The van der Waals surface area contributed by atoms with Crippen LogP contribution >= 0.6 is 0 Å². The van der Waals surface area contributed by atoms with Gasteiger partial charge in [0.1, 0.15) is 12.4 Å². The van der Waals surface area contributed by atoms with Crippen molar-refractivity contribution in [3.63, 3.8) is 0 Å². The number of ether oxygens (including phenoxy) is 1. The van der Waals surface area contributed by atoms with Gasteiger partial charge in [0, 0.05) is 12.4 Å². The molecule has 0 saturated heterocycles. The van der Waals surface area contributed by atoms with Crippen LogP contribution in [0.2, 0.25) is 0 Å². The Hall–Kier alpha value is -2.10. The fourth-order valence-corrected chi connectivity index (χ4v) is 1.58. The van der Waals surface area contributed by atoms with Crippen LogP contribution in [-0.2, 0) is 0 Å². The average molecular weight is 257 g/mol. The summed E-state index contributed by atoms with van der Waals surface area (Å²) < 4.78 is 5.70. The topological polar surface area (TPSA) is 47.0 Å². The lowest BCUT2D eigenvalue weighted by molar-refractivity contribution is 0.303. The van der Waals surface area contributed by atoms with Crippen LogP contribution in [0.3, 0.4) is 0 Å². The summed E-state index contributed by atoms with van der Waals surface area (Å²) in [5.74, 6) is 1.51. The third-order valence-electron chi connectivity index (χ3n) is 2.68. The molecule has 0 aliphatic carbocycles. The van der Waals surface area contributed by atoms with E-state index in [1.54, 1.807) is 12.4 Å². The van der Waals surface area contributed by atoms with Crippen molar-refractivity contribution in [3.8, 4) is 5.75 Å². The molecule has 2 aromatic rings. The average Bonchev–Trinajstić information content (AvgIpc) is 2.41. The highest BCUT2D eigenvalue weighted by Crippen LogP contribution is 2.12. The second-order valence-electron chi connectivity index (χ2n) is 4.75. The number of hydrogen-bond donors (Lipinski definition) is 1. The van der Waals surface area contributed by atoms with Gasteiger partial charge < -0.3 is 10.1 Å². The Morgan fingerprint density at radius 3 is 2.32 bits per heavy atom. The molecule has 1 aromatic carbocycles. The molecule has 1 heterocycles. The van der Waals surface area contributed by atoms with E-state index in [0.29, 0.717) is 12.6 Å². The number of nitrogens with one attached hydrogen (secondary N) is 1.